The number of carboxylic acids is 1. The van der Waals surface area contributed by atoms with Crippen LogP contribution in [0.2, 0.25) is 0 Å². The molecule has 1 aliphatic heterocycles. The third-order valence-electron chi connectivity index (χ3n) is 5.31. The molecule has 1 aromatic heterocycles. The molecule has 2 heterocycles. The number of rotatable bonds is 7. The molecule has 0 radical (unpaired) electrons. The summed E-state index contributed by atoms with van der Waals surface area (Å²) in [6, 6.07) is 17.6. The molecular formula is C24H25NO6. The Balaban J connectivity index is 1.31. The minimum absolute atomic E-state index is 0.105. The van der Waals surface area contributed by atoms with Crippen LogP contribution in [0.3, 0.4) is 0 Å². The lowest BCUT2D eigenvalue weighted by atomic mass is 9.99. The SMILES string of the molecule is Cc1oc(-c2ccccc2)nc1COc1ccc(CC2COC(C)(C(=O)O)OC2)cc1. The lowest BCUT2D eigenvalue weighted by Crippen LogP contribution is -2.48. The monoisotopic (exact) mass is 423 g/mol. The molecule has 1 aliphatic rings. The molecule has 1 saturated heterocycles. The van der Waals surface area contributed by atoms with Crippen molar-refractivity contribution in [2.75, 3.05) is 13.2 Å². The van der Waals surface area contributed by atoms with E-state index in [9.17, 15) is 4.79 Å². The second-order valence-corrected chi connectivity index (χ2v) is 7.76. The van der Waals surface area contributed by atoms with E-state index < -0.39 is 11.8 Å². The van der Waals surface area contributed by atoms with E-state index >= 15 is 0 Å². The summed E-state index contributed by atoms with van der Waals surface area (Å²) in [5.41, 5.74) is 2.80. The van der Waals surface area contributed by atoms with Crippen molar-refractivity contribution < 1.29 is 28.5 Å². The number of ether oxygens (including phenoxy) is 3. The van der Waals surface area contributed by atoms with Gasteiger partial charge < -0.3 is 23.7 Å². The summed E-state index contributed by atoms with van der Waals surface area (Å²) in [4.78, 5) is 15.7. The van der Waals surface area contributed by atoms with Gasteiger partial charge in [0, 0.05) is 18.4 Å². The van der Waals surface area contributed by atoms with Crippen LogP contribution in [0.1, 0.15) is 23.9 Å². The number of carbonyl (C=O) groups is 1. The molecule has 162 valence electrons. The van der Waals surface area contributed by atoms with Gasteiger partial charge in [0.1, 0.15) is 23.8 Å². The van der Waals surface area contributed by atoms with Crippen LogP contribution in [0.5, 0.6) is 5.75 Å². The molecule has 3 aromatic rings. The summed E-state index contributed by atoms with van der Waals surface area (Å²) in [7, 11) is 0. The number of aryl methyl sites for hydroxylation is 1. The van der Waals surface area contributed by atoms with Gasteiger partial charge in [-0.05, 0) is 43.2 Å². The molecule has 7 nitrogen and oxygen atoms in total. The maximum atomic E-state index is 11.2. The Bertz CT molecular complexity index is 1020. The highest BCUT2D eigenvalue weighted by atomic mass is 16.7. The van der Waals surface area contributed by atoms with Crippen LogP contribution in [-0.2, 0) is 27.3 Å². The van der Waals surface area contributed by atoms with Crippen LogP contribution in [-0.4, -0.2) is 35.1 Å². The maximum absolute atomic E-state index is 11.2. The largest absolute Gasteiger partial charge is 0.487 e. The third kappa shape index (κ3) is 4.95. The zero-order chi connectivity index (χ0) is 21.8. The second-order valence-electron chi connectivity index (χ2n) is 7.76. The van der Waals surface area contributed by atoms with E-state index in [-0.39, 0.29) is 5.92 Å². The fourth-order valence-electron chi connectivity index (χ4n) is 3.36. The van der Waals surface area contributed by atoms with Gasteiger partial charge >= 0.3 is 5.97 Å². The van der Waals surface area contributed by atoms with Crippen molar-refractivity contribution in [3.63, 3.8) is 0 Å². The first-order chi connectivity index (χ1) is 14.9. The van der Waals surface area contributed by atoms with Crippen LogP contribution < -0.4 is 4.74 Å². The molecule has 1 N–H and O–H groups in total. The Morgan fingerprint density at radius 3 is 2.45 bits per heavy atom. The molecular weight excluding hydrogens is 398 g/mol. The highest BCUT2D eigenvalue weighted by Crippen LogP contribution is 2.25. The van der Waals surface area contributed by atoms with Crippen molar-refractivity contribution in [1.29, 1.82) is 0 Å². The molecule has 31 heavy (non-hydrogen) atoms. The number of aromatic nitrogens is 1. The highest BCUT2D eigenvalue weighted by molar-refractivity contribution is 5.75. The molecule has 0 saturated carbocycles. The molecule has 7 heteroatoms. The minimum atomic E-state index is -1.55. The summed E-state index contributed by atoms with van der Waals surface area (Å²) >= 11 is 0. The summed E-state index contributed by atoms with van der Waals surface area (Å²) in [6.45, 7) is 4.31. The van der Waals surface area contributed by atoms with E-state index in [2.05, 4.69) is 4.98 Å². The Labute approximate surface area is 180 Å². The van der Waals surface area contributed by atoms with Crippen LogP contribution in [0.15, 0.2) is 59.0 Å². The lowest BCUT2D eigenvalue weighted by Gasteiger charge is -2.34. The van der Waals surface area contributed by atoms with Gasteiger partial charge in [-0.2, -0.15) is 0 Å². The van der Waals surface area contributed by atoms with Crippen LogP contribution >= 0.6 is 0 Å². The average Bonchev–Trinajstić information content (AvgIpc) is 3.16. The highest BCUT2D eigenvalue weighted by Gasteiger charge is 2.40. The van der Waals surface area contributed by atoms with Crippen LogP contribution in [0.25, 0.3) is 11.5 Å². The Hall–Kier alpha value is -3.16. The average molecular weight is 423 g/mol. The van der Waals surface area contributed by atoms with E-state index in [1.807, 2.05) is 61.5 Å². The molecule has 0 bridgehead atoms. The standard InChI is InChI=1S/C24H25NO6/c1-16-21(25-22(31-16)19-6-4-3-5-7-19)15-28-20-10-8-17(9-11-20)12-18-13-29-24(2,23(26)27)30-14-18/h3-11,18H,12-15H2,1-2H3,(H,26,27). The van der Waals surface area contributed by atoms with Gasteiger partial charge in [0.2, 0.25) is 5.89 Å². The zero-order valence-corrected chi connectivity index (χ0v) is 17.5. The van der Waals surface area contributed by atoms with Gasteiger partial charge in [-0.1, -0.05) is 30.3 Å². The van der Waals surface area contributed by atoms with Gasteiger partial charge in [0.25, 0.3) is 5.79 Å². The Morgan fingerprint density at radius 2 is 1.81 bits per heavy atom. The Kier molecular flexibility index (Phi) is 6.06. The van der Waals surface area contributed by atoms with Crippen LogP contribution in [0, 0.1) is 12.8 Å². The van der Waals surface area contributed by atoms with E-state index in [1.54, 1.807) is 0 Å². The quantitative estimate of drug-likeness (QED) is 0.608. The van der Waals surface area contributed by atoms with Gasteiger partial charge in [0.05, 0.1) is 13.2 Å². The van der Waals surface area contributed by atoms with Gasteiger partial charge in [-0.25, -0.2) is 9.78 Å². The third-order valence-corrected chi connectivity index (χ3v) is 5.31. The molecule has 0 atom stereocenters. The zero-order valence-electron chi connectivity index (χ0n) is 17.5. The maximum Gasteiger partial charge on any atom is 0.364 e. The van der Waals surface area contributed by atoms with E-state index in [0.29, 0.717) is 25.7 Å². The van der Waals surface area contributed by atoms with Crippen molar-refractivity contribution >= 4 is 5.97 Å². The minimum Gasteiger partial charge on any atom is -0.487 e. The summed E-state index contributed by atoms with van der Waals surface area (Å²) in [6.07, 6.45) is 0.735. The van der Waals surface area contributed by atoms with Crippen molar-refractivity contribution in [1.82, 2.24) is 4.98 Å². The lowest BCUT2D eigenvalue weighted by molar-refractivity contribution is -0.270. The van der Waals surface area contributed by atoms with Crippen LogP contribution in [0.4, 0.5) is 0 Å². The van der Waals surface area contributed by atoms with Crippen molar-refractivity contribution in [3.8, 4) is 17.2 Å². The normalized spacial score (nSPS) is 21.0. The number of oxazole rings is 1. The molecule has 2 aromatic carbocycles. The summed E-state index contributed by atoms with van der Waals surface area (Å²) < 4.78 is 22.5. The van der Waals surface area contributed by atoms with Gasteiger partial charge in [-0.15, -0.1) is 0 Å². The first kappa shape index (κ1) is 21.1. The van der Waals surface area contributed by atoms with Gasteiger partial charge in [-0.3, -0.25) is 0 Å². The molecule has 1 fully saturated rings. The molecule has 0 aliphatic carbocycles. The number of hydrogen-bond donors (Lipinski definition) is 1. The van der Waals surface area contributed by atoms with E-state index in [4.69, 9.17) is 23.7 Å². The number of benzene rings is 2. The summed E-state index contributed by atoms with van der Waals surface area (Å²) in [5, 5.41) is 9.14. The number of nitrogens with zero attached hydrogens (tertiary/aromatic N) is 1. The van der Waals surface area contributed by atoms with Crippen molar-refractivity contribution in [2.45, 2.75) is 32.7 Å². The predicted octanol–water partition coefficient (Wildman–Crippen LogP) is 4.24. The molecule has 0 amide bonds. The first-order valence-electron chi connectivity index (χ1n) is 10.2. The molecule has 4 rings (SSSR count). The van der Waals surface area contributed by atoms with E-state index in [0.717, 1.165) is 34.8 Å². The first-order valence-corrected chi connectivity index (χ1v) is 10.2. The molecule has 0 spiro atoms. The fraction of sp³-hybridized carbons (Fsp3) is 0.333. The topological polar surface area (TPSA) is 91.0 Å². The number of carboxylic acid groups (broad SMARTS) is 1. The fourth-order valence-corrected chi connectivity index (χ4v) is 3.36. The van der Waals surface area contributed by atoms with Crippen molar-refractivity contribution in [3.05, 3.63) is 71.6 Å². The molecule has 0 unspecified atom stereocenters. The number of hydrogen-bond acceptors (Lipinski definition) is 6. The number of aliphatic carboxylic acids is 1. The second kappa shape index (κ2) is 8.91. The predicted molar refractivity (Wildman–Crippen MR) is 113 cm³/mol. The summed E-state index contributed by atoms with van der Waals surface area (Å²) in [5.74, 6) is -0.487. The smallest absolute Gasteiger partial charge is 0.364 e. The Morgan fingerprint density at radius 1 is 1.13 bits per heavy atom. The van der Waals surface area contributed by atoms with Crippen molar-refractivity contribution in [2.24, 2.45) is 5.92 Å². The van der Waals surface area contributed by atoms with Gasteiger partial charge in [0.15, 0.2) is 0 Å². The van der Waals surface area contributed by atoms with E-state index in [1.165, 1.54) is 6.92 Å².